The van der Waals surface area contributed by atoms with Crippen LogP contribution in [-0.4, -0.2) is 33.6 Å². The standard InChI is InChI=1S/C28H46O3/c1-16(2)17(3)7-8-18(4)22-11-12-23-21-10-9-19-13-20(29)14-25(31)28(19,6)26(21)24(30)15-27(22,23)5/h7-9,16-18,20-26,29-31H,10-15H2,1-6H3/b8-7+/t17-,18+,20+,21-,22+,23-,24+,25-,26+,27+,28+/m0/s1. The van der Waals surface area contributed by atoms with E-state index >= 15 is 0 Å². The fourth-order valence-corrected chi connectivity index (χ4v) is 8.43. The number of fused-ring (bicyclic) bond motifs is 5. The highest BCUT2D eigenvalue weighted by molar-refractivity contribution is 5.29. The molecule has 0 amide bonds. The van der Waals surface area contributed by atoms with Crippen LogP contribution in [0.3, 0.4) is 0 Å². The molecule has 3 N–H and O–H groups in total. The van der Waals surface area contributed by atoms with E-state index in [1.54, 1.807) is 0 Å². The molecule has 11 atom stereocenters. The zero-order valence-electron chi connectivity index (χ0n) is 20.6. The first-order valence-corrected chi connectivity index (χ1v) is 12.9. The van der Waals surface area contributed by atoms with E-state index in [0.717, 1.165) is 12.8 Å². The average molecular weight is 431 g/mol. The molecule has 4 rings (SSSR count). The Bertz CT molecular complexity index is 726. The molecule has 0 unspecified atom stereocenters. The van der Waals surface area contributed by atoms with Crippen LogP contribution in [0.5, 0.6) is 0 Å². The molecule has 0 heterocycles. The van der Waals surface area contributed by atoms with E-state index in [-0.39, 0.29) is 22.9 Å². The molecule has 3 saturated carbocycles. The van der Waals surface area contributed by atoms with Crippen molar-refractivity contribution in [2.45, 2.75) is 98.4 Å². The zero-order chi connectivity index (χ0) is 22.7. The molecule has 0 aromatic heterocycles. The first-order valence-electron chi connectivity index (χ1n) is 12.9. The third kappa shape index (κ3) is 3.67. The molecule has 4 aliphatic rings. The molecule has 176 valence electrons. The van der Waals surface area contributed by atoms with Crippen molar-refractivity contribution in [3.05, 3.63) is 23.8 Å². The van der Waals surface area contributed by atoms with E-state index in [4.69, 9.17) is 0 Å². The highest BCUT2D eigenvalue weighted by Crippen LogP contribution is 2.67. The van der Waals surface area contributed by atoms with Crippen molar-refractivity contribution < 1.29 is 15.3 Å². The lowest BCUT2D eigenvalue weighted by atomic mass is 9.45. The topological polar surface area (TPSA) is 60.7 Å². The minimum Gasteiger partial charge on any atom is -0.393 e. The van der Waals surface area contributed by atoms with Crippen LogP contribution in [0.1, 0.15) is 80.1 Å². The quantitative estimate of drug-likeness (QED) is 0.527. The fraction of sp³-hybridized carbons (Fsp3) is 0.857. The van der Waals surface area contributed by atoms with Crippen LogP contribution in [0.25, 0.3) is 0 Å². The number of hydrogen-bond donors (Lipinski definition) is 3. The van der Waals surface area contributed by atoms with Gasteiger partial charge in [-0.1, -0.05) is 65.3 Å². The minimum absolute atomic E-state index is 0.110. The zero-order valence-corrected chi connectivity index (χ0v) is 20.6. The molecule has 31 heavy (non-hydrogen) atoms. The van der Waals surface area contributed by atoms with Crippen molar-refractivity contribution in [3.8, 4) is 0 Å². The first-order chi connectivity index (χ1) is 14.5. The van der Waals surface area contributed by atoms with E-state index in [2.05, 4.69) is 59.8 Å². The molecule has 3 fully saturated rings. The molecule has 3 nitrogen and oxygen atoms in total. The molecule has 3 heteroatoms. The van der Waals surface area contributed by atoms with Gasteiger partial charge in [0.1, 0.15) is 0 Å². The fourth-order valence-electron chi connectivity index (χ4n) is 8.43. The molecule has 0 aromatic rings. The molecular weight excluding hydrogens is 384 g/mol. The van der Waals surface area contributed by atoms with Gasteiger partial charge in [-0.05, 0) is 78.9 Å². The summed E-state index contributed by atoms with van der Waals surface area (Å²) in [6.45, 7) is 13.9. The maximum Gasteiger partial charge on any atom is 0.0659 e. The lowest BCUT2D eigenvalue weighted by molar-refractivity contribution is -0.158. The Morgan fingerprint density at radius 1 is 1.03 bits per heavy atom. The number of aliphatic hydroxyl groups excluding tert-OH is 3. The summed E-state index contributed by atoms with van der Waals surface area (Å²) >= 11 is 0. The lowest BCUT2D eigenvalue weighted by Crippen LogP contribution is -2.60. The molecule has 4 aliphatic carbocycles. The highest BCUT2D eigenvalue weighted by Gasteiger charge is 2.63. The summed E-state index contributed by atoms with van der Waals surface area (Å²) in [5.74, 6) is 3.55. The molecule has 0 saturated heterocycles. The second kappa shape index (κ2) is 8.29. The van der Waals surface area contributed by atoms with Gasteiger partial charge in [-0.2, -0.15) is 0 Å². The Hall–Kier alpha value is -0.640. The lowest BCUT2D eigenvalue weighted by Gasteiger charge is -2.61. The molecule has 0 aliphatic heterocycles. The second-order valence-electron chi connectivity index (χ2n) is 12.5. The van der Waals surface area contributed by atoms with E-state index in [9.17, 15) is 15.3 Å². The van der Waals surface area contributed by atoms with Gasteiger partial charge < -0.3 is 15.3 Å². The van der Waals surface area contributed by atoms with Gasteiger partial charge in [0.05, 0.1) is 18.3 Å². The third-order valence-corrected chi connectivity index (χ3v) is 10.6. The Balaban J connectivity index is 1.60. The van der Waals surface area contributed by atoms with Crippen molar-refractivity contribution in [1.82, 2.24) is 0 Å². The van der Waals surface area contributed by atoms with Crippen molar-refractivity contribution >= 4 is 0 Å². The number of allylic oxidation sites excluding steroid dienone is 3. The van der Waals surface area contributed by atoms with Crippen LogP contribution in [-0.2, 0) is 0 Å². The maximum atomic E-state index is 11.6. The molecule has 0 radical (unpaired) electrons. The number of rotatable bonds is 4. The Morgan fingerprint density at radius 3 is 2.42 bits per heavy atom. The van der Waals surface area contributed by atoms with Crippen LogP contribution in [0.2, 0.25) is 0 Å². The van der Waals surface area contributed by atoms with Gasteiger partial charge in [0.25, 0.3) is 0 Å². The SMILES string of the molecule is CC(C)[C@@H](C)/C=C/[C@@H](C)[C@H]1CC[C@H]2[C@@H]3CC=C4C[C@@H](O)C[C@H](O)[C@]4(C)[C@H]3[C@H](O)C[C@]12C. The van der Waals surface area contributed by atoms with Gasteiger partial charge in [-0.15, -0.1) is 0 Å². The normalized spacial score (nSPS) is 49.4. The third-order valence-electron chi connectivity index (χ3n) is 10.6. The summed E-state index contributed by atoms with van der Waals surface area (Å²) in [6.07, 6.45) is 11.2. The van der Waals surface area contributed by atoms with Gasteiger partial charge in [0.15, 0.2) is 0 Å². The summed E-state index contributed by atoms with van der Waals surface area (Å²) in [4.78, 5) is 0. The Kier molecular flexibility index (Phi) is 6.29. The summed E-state index contributed by atoms with van der Waals surface area (Å²) in [7, 11) is 0. The predicted octanol–water partition coefficient (Wildman–Crippen LogP) is 5.35. The van der Waals surface area contributed by atoms with Crippen molar-refractivity contribution in [2.75, 3.05) is 0 Å². The molecule has 0 spiro atoms. The van der Waals surface area contributed by atoms with Crippen LogP contribution in [0.15, 0.2) is 23.8 Å². The van der Waals surface area contributed by atoms with Crippen molar-refractivity contribution in [3.63, 3.8) is 0 Å². The van der Waals surface area contributed by atoms with Crippen LogP contribution >= 0.6 is 0 Å². The number of aliphatic hydroxyl groups is 3. The van der Waals surface area contributed by atoms with E-state index in [0.29, 0.717) is 48.3 Å². The summed E-state index contributed by atoms with van der Waals surface area (Å²) < 4.78 is 0. The largest absolute Gasteiger partial charge is 0.393 e. The van der Waals surface area contributed by atoms with E-state index < -0.39 is 12.2 Å². The second-order valence-corrected chi connectivity index (χ2v) is 12.5. The predicted molar refractivity (Wildman–Crippen MR) is 126 cm³/mol. The average Bonchev–Trinajstić information content (AvgIpc) is 3.03. The minimum atomic E-state index is -0.564. The first kappa shape index (κ1) is 23.5. The van der Waals surface area contributed by atoms with Crippen LogP contribution in [0, 0.1) is 52.3 Å². The number of hydrogen-bond acceptors (Lipinski definition) is 3. The Labute approximate surface area is 190 Å². The van der Waals surface area contributed by atoms with Gasteiger partial charge in [-0.25, -0.2) is 0 Å². The highest BCUT2D eigenvalue weighted by atomic mass is 16.3. The van der Waals surface area contributed by atoms with Gasteiger partial charge in [0.2, 0.25) is 0 Å². The summed E-state index contributed by atoms with van der Waals surface area (Å²) in [5.41, 5.74) is 0.960. The molecule has 0 aromatic carbocycles. The smallest absolute Gasteiger partial charge is 0.0659 e. The monoisotopic (exact) mass is 430 g/mol. The summed E-state index contributed by atoms with van der Waals surface area (Å²) in [6, 6.07) is 0. The van der Waals surface area contributed by atoms with Gasteiger partial charge in [0, 0.05) is 11.8 Å². The van der Waals surface area contributed by atoms with Gasteiger partial charge >= 0.3 is 0 Å². The summed E-state index contributed by atoms with van der Waals surface area (Å²) in [5, 5.41) is 32.9. The molecular formula is C28H46O3. The van der Waals surface area contributed by atoms with E-state index in [1.165, 1.54) is 18.4 Å². The van der Waals surface area contributed by atoms with Crippen molar-refractivity contribution in [1.29, 1.82) is 0 Å². The van der Waals surface area contributed by atoms with Crippen molar-refractivity contribution in [2.24, 2.45) is 52.3 Å². The van der Waals surface area contributed by atoms with Crippen LogP contribution < -0.4 is 0 Å². The van der Waals surface area contributed by atoms with E-state index in [1.807, 2.05) is 0 Å². The van der Waals surface area contributed by atoms with Gasteiger partial charge in [-0.3, -0.25) is 0 Å². The Morgan fingerprint density at radius 2 is 1.74 bits per heavy atom. The maximum absolute atomic E-state index is 11.6. The van der Waals surface area contributed by atoms with Crippen LogP contribution in [0.4, 0.5) is 0 Å². The molecule has 0 bridgehead atoms.